The highest BCUT2D eigenvalue weighted by Crippen LogP contribution is 2.37. The zero-order chi connectivity index (χ0) is 37.8. The van der Waals surface area contributed by atoms with Gasteiger partial charge < -0.3 is 10.6 Å². The summed E-state index contributed by atoms with van der Waals surface area (Å²) in [6.07, 6.45) is 2.73. The molecule has 20 heteroatoms. The number of benzene rings is 2. The molecule has 4 rings (SSSR count). The molecule has 278 valence electrons. The van der Waals surface area contributed by atoms with Gasteiger partial charge in [0, 0.05) is 17.3 Å². The quantitative estimate of drug-likeness (QED) is 0.0777. The topological polar surface area (TPSA) is 190 Å². The van der Waals surface area contributed by atoms with Crippen LogP contribution < -0.4 is 10.6 Å². The molecule has 0 saturated heterocycles. The predicted octanol–water partition coefficient (Wildman–Crippen LogP) is 6.84. The smallest absolute Gasteiger partial charge is 0.330 e. The van der Waals surface area contributed by atoms with E-state index < -0.39 is 43.7 Å². The van der Waals surface area contributed by atoms with E-state index >= 15 is 0 Å². The van der Waals surface area contributed by atoms with Crippen molar-refractivity contribution in [1.29, 1.82) is 0 Å². The maximum atomic E-state index is 13.3. The summed E-state index contributed by atoms with van der Waals surface area (Å²) < 4.78 is 132. The fourth-order valence-electron chi connectivity index (χ4n) is 4.66. The van der Waals surface area contributed by atoms with Crippen molar-refractivity contribution in [3.05, 3.63) is 60.2 Å². The van der Waals surface area contributed by atoms with Gasteiger partial charge in [-0.1, -0.05) is 38.5 Å². The predicted molar refractivity (Wildman–Crippen MR) is 177 cm³/mol. The van der Waals surface area contributed by atoms with Crippen LogP contribution in [0.2, 0.25) is 0 Å². The molecule has 2 aromatic heterocycles. The van der Waals surface area contributed by atoms with E-state index in [2.05, 4.69) is 19.9 Å². The van der Waals surface area contributed by atoms with E-state index in [-0.39, 0.29) is 11.0 Å². The first-order valence-electron chi connectivity index (χ1n) is 15.1. The number of hydrogen-bond donors (Lipinski definition) is 3. The van der Waals surface area contributed by atoms with E-state index in [9.17, 15) is 43.2 Å². The van der Waals surface area contributed by atoms with Crippen LogP contribution >= 0.6 is 0 Å². The van der Waals surface area contributed by atoms with Crippen molar-refractivity contribution < 1.29 is 52.3 Å². The second kappa shape index (κ2) is 18.5. The third-order valence-electron chi connectivity index (χ3n) is 6.73. The fourth-order valence-corrected chi connectivity index (χ4v) is 4.66. The van der Waals surface area contributed by atoms with Gasteiger partial charge in [0.05, 0.1) is 34.7 Å². The van der Waals surface area contributed by atoms with E-state index in [1.54, 1.807) is 4.90 Å². The average Bonchev–Trinajstić information content (AvgIpc) is 2.99. The number of fused-ring (bicyclic) bond motifs is 2. The van der Waals surface area contributed by atoms with Gasteiger partial charge in [-0.2, -0.15) is 43.2 Å². The first kappa shape index (κ1) is 42.4. The molecule has 50 heavy (non-hydrogen) atoms. The van der Waals surface area contributed by atoms with Crippen molar-refractivity contribution >= 4 is 53.7 Å². The minimum atomic E-state index is -4.54. The first-order chi connectivity index (χ1) is 23.1. The number of aromatic nitrogens is 4. The van der Waals surface area contributed by atoms with E-state index in [0.29, 0.717) is 54.4 Å². The number of unbranched alkanes of at least 4 members (excludes halogenated alkanes) is 7. The highest BCUT2D eigenvalue weighted by Gasteiger charge is 2.32. The van der Waals surface area contributed by atoms with Crippen LogP contribution in [-0.2, 0) is 32.6 Å². The summed E-state index contributed by atoms with van der Waals surface area (Å²) in [5.41, 5.74) is 4.05. The molecule has 0 aliphatic heterocycles. The lowest BCUT2D eigenvalue weighted by atomic mass is 10.1. The lowest BCUT2D eigenvalue weighted by Crippen LogP contribution is -2.22. The van der Waals surface area contributed by atoms with Crippen LogP contribution in [0.15, 0.2) is 49.1 Å². The molecule has 2 heterocycles. The average molecular weight is 757 g/mol. The Morgan fingerprint density at radius 1 is 0.620 bits per heavy atom. The van der Waals surface area contributed by atoms with Crippen molar-refractivity contribution in [2.24, 2.45) is 5.73 Å². The minimum absolute atomic E-state index is 0.0972. The molecule has 0 atom stereocenters. The molecule has 4 aromatic rings. The summed E-state index contributed by atoms with van der Waals surface area (Å²) >= 11 is 0. The Labute approximate surface area is 285 Å². The second-order valence-corrected chi connectivity index (χ2v) is 14.0. The summed E-state index contributed by atoms with van der Waals surface area (Å²) in [6.45, 7) is 1.09. The van der Waals surface area contributed by atoms with Gasteiger partial charge >= 0.3 is 12.4 Å². The van der Waals surface area contributed by atoms with Gasteiger partial charge in [0.1, 0.15) is 24.3 Å². The Hall–Kier alpha value is -3.72. The van der Waals surface area contributed by atoms with Crippen molar-refractivity contribution in [2.45, 2.75) is 63.7 Å². The molecule has 0 aliphatic carbocycles. The van der Waals surface area contributed by atoms with Gasteiger partial charge in [0.15, 0.2) is 0 Å². The first-order valence-corrected chi connectivity index (χ1v) is 18.8. The molecular formula is C30H38F6N6O6S2. The molecule has 0 unspecified atom stereocenters. The van der Waals surface area contributed by atoms with Crippen molar-refractivity contribution in [3.63, 3.8) is 0 Å². The number of hydrogen-bond acceptors (Lipinski definition) is 10. The van der Waals surface area contributed by atoms with Crippen LogP contribution in [0.5, 0.6) is 0 Å². The van der Waals surface area contributed by atoms with E-state index in [4.69, 9.17) is 14.8 Å². The van der Waals surface area contributed by atoms with Gasteiger partial charge in [0.25, 0.3) is 20.2 Å². The highest BCUT2D eigenvalue weighted by atomic mass is 32.2. The van der Waals surface area contributed by atoms with E-state index in [1.165, 1.54) is 24.8 Å². The van der Waals surface area contributed by atoms with Crippen LogP contribution in [-0.4, -0.2) is 71.5 Å². The minimum Gasteiger partial charge on any atom is -0.330 e. The van der Waals surface area contributed by atoms with Gasteiger partial charge in [0.2, 0.25) is 0 Å². The van der Waals surface area contributed by atoms with Crippen LogP contribution in [0.1, 0.15) is 62.5 Å². The van der Waals surface area contributed by atoms with Crippen LogP contribution in [0.3, 0.4) is 0 Å². The second-order valence-electron chi connectivity index (χ2n) is 11.1. The third-order valence-corrected chi connectivity index (χ3v) is 6.73. The molecular weight excluding hydrogens is 718 g/mol. The lowest BCUT2D eigenvalue weighted by molar-refractivity contribution is -0.138. The molecule has 12 nitrogen and oxygen atoms in total. The maximum absolute atomic E-state index is 13.3. The van der Waals surface area contributed by atoms with Gasteiger partial charge in [-0.3, -0.25) is 9.11 Å². The zero-order valence-corrected chi connectivity index (χ0v) is 28.7. The summed E-state index contributed by atoms with van der Waals surface area (Å²) in [4.78, 5) is 18.6. The summed E-state index contributed by atoms with van der Waals surface area (Å²) in [6, 6.07) is 6.46. The Morgan fingerprint density at radius 3 is 1.30 bits per heavy atom. The fraction of sp³-hybridized carbons (Fsp3) is 0.467. The third kappa shape index (κ3) is 15.4. The van der Waals surface area contributed by atoms with Gasteiger partial charge in [-0.05, 0) is 55.8 Å². The van der Waals surface area contributed by atoms with Gasteiger partial charge in [-0.25, -0.2) is 19.9 Å². The molecule has 0 radical (unpaired) electrons. The number of alkyl halides is 6. The van der Waals surface area contributed by atoms with E-state index in [1.807, 2.05) is 0 Å². The molecule has 0 spiro atoms. The van der Waals surface area contributed by atoms with Crippen LogP contribution in [0.4, 0.5) is 38.0 Å². The molecule has 0 aliphatic rings. The summed E-state index contributed by atoms with van der Waals surface area (Å²) in [5.74, 6) is 0.640. The van der Waals surface area contributed by atoms with Gasteiger partial charge in [-0.15, -0.1) is 0 Å². The van der Waals surface area contributed by atoms with Crippen LogP contribution in [0, 0.1) is 0 Å². The summed E-state index contributed by atoms with van der Waals surface area (Å²) in [5, 5.41) is 0.739. The summed E-state index contributed by atoms with van der Waals surface area (Å²) in [7, 11) is -7.33. The standard InChI is InChI=1S/C28H30F6N6.2CH4O3S/c29-27(30,31)19-9-11-21-23(15-19)36-17-38-25(21)40(14-8-6-4-2-1-3-5-7-13-35)26-22-12-10-20(28(32,33)34)16-24(22)37-18-39-26;2*1-5(2,3)4/h9-12,15-18H,1-8,13-14,35H2;2*1H3,(H,2,3,4). The molecule has 0 saturated carbocycles. The molecule has 2 aromatic carbocycles. The largest absolute Gasteiger partial charge is 0.416 e. The Balaban J connectivity index is 0.000000761. The Kier molecular flexibility index (Phi) is 15.7. The molecule has 0 amide bonds. The number of nitrogens with two attached hydrogens (primary N) is 1. The molecule has 0 fully saturated rings. The number of anilines is 2. The SMILES string of the molecule is CS(=O)(=O)O.CS(=O)(=O)O.NCCCCCCCCCCN(c1ncnc2cc(C(F)(F)F)ccc12)c1ncnc2cc(C(F)(F)F)ccc12. The molecule has 0 bridgehead atoms. The van der Waals surface area contributed by atoms with Crippen molar-refractivity contribution in [2.75, 3.05) is 30.5 Å². The monoisotopic (exact) mass is 756 g/mol. The zero-order valence-electron chi connectivity index (χ0n) is 27.1. The van der Waals surface area contributed by atoms with Crippen molar-refractivity contribution in [3.8, 4) is 0 Å². The van der Waals surface area contributed by atoms with E-state index in [0.717, 1.165) is 69.2 Å². The maximum Gasteiger partial charge on any atom is 0.416 e. The van der Waals surface area contributed by atoms with Crippen molar-refractivity contribution in [1.82, 2.24) is 19.9 Å². The van der Waals surface area contributed by atoms with Crippen LogP contribution in [0.25, 0.3) is 21.8 Å². The number of nitrogens with zero attached hydrogens (tertiary/aromatic N) is 5. The highest BCUT2D eigenvalue weighted by molar-refractivity contribution is 7.85. The lowest BCUT2D eigenvalue weighted by Gasteiger charge is -2.25. The number of halogens is 6. The normalized spacial score (nSPS) is 12.2. The molecule has 4 N–H and O–H groups in total. The number of rotatable bonds is 12. The Morgan fingerprint density at radius 2 is 0.960 bits per heavy atom. The Bertz CT molecular complexity index is 1770.